The number of pyridine rings is 1. The molecule has 0 radical (unpaired) electrons. The predicted molar refractivity (Wildman–Crippen MR) is 97.0 cm³/mol. The number of thiol groups is 1. The van der Waals surface area contributed by atoms with Gasteiger partial charge in [-0.25, -0.2) is 0 Å². The van der Waals surface area contributed by atoms with E-state index in [1.165, 1.54) is 5.56 Å². The van der Waals surface area contributed by atoms with Gasteiger partial charge in [0.15, 0.2) is 0 Å². The van der Waals surface area contributed by atoms with Crippen LogP contribution in [0.3, 0.4) is 0 Å². The maximum absolute atomic E-state index is 12.6. The van der Waals surface area contributed by atoms with E-state index in [4.69, 9.17) is 0 Å². The van der Waals surface area contributed by atoms with E-state index in [-0.39, 0.29) is 11.9 Å². The molecule has 1 amide bonds. The molecule has 0 spiro atoms. The van der Waals surface area contributed by atoms with Crippen LogP contribution in [-0.2, 0) is 6.42 Å². The van der Waals surface area contributed by atoms with Gasteiger partial charge in [0.25, 0.3) is 5.91 Å². The van der Waals surface area contributed by atoms with Gasteiger partial charge in [0.1, 0.15) is 5.69 Å². The molecule has 3 aromatic rings. The van der Waals surface area contributed by atoms with Gasteiger partial charge < -0.3 is 5.32 Å². The van der Waals surface area contributed by atoms with Gasteiger partial charge in [-0.1, -0.05) is 54.6 Å². The van der Waals surface area contributed by atoms with Crippen molar-refractivity contribution in [3.8, 4) is 0 Å². The second-order valence-corrected chi connectivity index (χ2v) is 5.79. The van der Waals surface area contributed by atoms with Crippen molar-refractivity contribution in [2.45, 2.75) is 12.5 Å². The van der Waals surface area contributed by atoms with Gasteiger partial charge in [0.2, 0.25) is 0 Å². The van der Waals surface area contributed by atoms with Gasteiger partial charge in [-0.05, 0) is 23.4 Å². The molecule has 0 bridgehead atoms. The number of fused-ring (bicyclic) bond motifs is 1. The lowest BCUT2D eigenvalue weighted by molar-refractivity contribution is 0.0937. The van der Waals surface area contributed by atoms with Gasteiger partial charge in [0, 0.05) is 23.4 Å². The van der Waals surface area contributed by atoms with Crippen LogP contribution in [0.5, 0.6) is 0 Å². The zero-order chi connectivity index (χ0) is 16.1. The van der Waals surface area contributed by atoms with Crippen LogP contribution in [0.1, 0.15) is 16.1 Å². The Hall–Kier alpha value is -2.33. The second-order valence-electron chi connectivity index (χ2n) is 5.42. The summed E-state index contributed by atoms with van der Waals surface area (Å²) in [7, 11) is 0. The van der Waals surface area contributed by atoms with Crippen LogP contribution in [-0.4, -0.2) is 22.7 Å². The number of benzene rings is 2. The Balaban J connectivity index is 1.79. The molecule has 1 aromatic heterocycles. The summed E-state index contributed by atoms with van der Waals surface area (Å²) >= 11 is 4.37. The van der Waals surface area contributed by atoms with E-state index in [1.54, 1.807) is 6.20 Å². The number of carbonyl (C=O) groups is 1. The van der Waals surface area contributed by atoms with Crippen LogP contribution in [0.2, 0.25) is 0 Å². The third kappa shape index (κ3) is 3.71. The van der Waals surface area contributed by atoms with Crippen LogP contribution >= 0.6 is 12.6 Å². The first-order valence-electron chi connectivity index (χ1n) is 7.57. The third-order valence-corrected chi connectivity index (χ3v) is 4.21. The minimum atomic E-state index is -0.156. The molecule has 0 aliphatic rings. The molecule has 23 heavy (non-hydrogen) atoms. The van der Waals surface area contributed by atoms with E-state index < -0.39 is 0 Å². The highest BCUT2D eigenvalue weighted by Crippen LogP contribution is 2.16. The molecule has 116 valence electrons. The molecule has 0 unspecified atom stereocenters. The van der Waals surface area contributed by atoms with E-state index in [0.717, 1.165) is 17.2 Å². The highest BCUT2D eigenvalue weighted by Gasteiger charge is 2.16. The molecule has 1 N–H and O–H groups in total. The van der Waals surface area contributed by atoms with Crippen molar-refractivity contribution in [2.75, 3.05) is 5.75 Å². The van der Waals surface area contributed by atoms with Crippen LogP contribution in [0.15, 0.2) is 66.9 Å². The summed E-state index contributed by atoms with van der Waals surface area (Å²) in [4.78, 5) is 16.9. The average molecular weight is 322 g/mol. The van der Waals surface area contributed by atoms with Gasteiger partial charge >= 0.3 is 0 Å². The Morgan fingerprint density at radius 3 is 2.57 bits per heavy atom. The molecule has 0 aliphatic carbocycles. The zero-order valence-corrected chi connectivity index (χ0v) is 13.5. The normalized spacial score (nSPS) is 12.0. The zero-order valence-electron chi connectivity index (χ0n) is 12.6. The summed E-state index contributed by atoms with van der Waals surface area (Å²) in [6.45, 7) is 0. The fourth-order valence-corrected chi connectivity index (χ4v) is 2.83. The van der Waals surface area contributed by atoms with Crippen molar-refractivity contribution < 1.29 is 4.79 Å². The van der Waals surface area contributed by atoms with E-state index in [9.17, 15) is 4.79 Å². The van der Waals surface area contributed by atoms with Crippen molar-refractivity contribution in [2.24, 2.45) is 0 Å². The number of rotatable bonds is 5. The topological polar surface area (TPSA) is 42.0 Å². The third-order valence-electron chi connectivity index (χ3n) is 3.77. The molecular weight excluding hydrogens is 304 g/mol. The summed E-state index contributed by atoms with van der Waals surface area (Å²) in [5, 5.41) is 4.92. The first kappa shape index (κ1) is 15.6. The molecule has 1 heterocycles. The van der Waals surface area contributed by atoms with Crippen LogP contribution in [0.25, 0.3) is 10.8 Å². The molecule has 0 saturated carbocycles. The first-order valence-corrected chi connectivity index (χ1v) is 8.20. The number of hydrogen-bond donors (Lipinski definition) is 2. The predicted octanol–water partition coefficient (Wildman–Crippen LogP) is 3.51. The van der Waals surface area contributed by atoms with Gasteiger partial charge in [-0.2, -0.15) is 12.6 Å². The van der Waals surface area contributed by atoms with Crippen LogP contribution in [0.4, 0.5) is 0 Å². The monoisotopic (exact) mass is 322 g/mol. The number of hydrogen-bond acceptors (Lipinski definition) is 3. The first-order chi connectivity index (χ1) is 11.3. The Bertz CT molecular complexity index is 799. The smallest absolute Gasteiger partial charge is 0.270 e. The van der Waals surface area contributed by atoms with Crippen LogP contribution < -0.4 is 5.32 Å². The lowest BCUT2D eigenvalue weighted by Gasteiger charge is -2.17. The average Bonchev–Trinajstić information content (AvgIpc) is 2.61. The molecule has 3 nitrogen and oxygen atoms in total. The largest absolute Gasteiger partial charge is 0.347 e. The SMILES string of the molecule is O=C(N[C@@H](CS)Cc1ccccc1)c1nccc2ccccc12. The molecule has 3 rings (SSSR count). The Labute approximate surface area is 141 Å². The summed E-state index contributed by atoms with van der Waals surface area (Å²) < 4.78 is 0. The van der Waals surface area contributed by atoms with Crippen molar-refractivity contribution >= 4 is 29.3 Å². The molecule has 4 heteroatoms. The fraction of sp³-hybridized carbons (Fsp3) is 0.158. The second kappa shape index (κ2) is 7.29. The van der Waals surface area contributed by atoms with E-state index >= 15 is 0 Å². The molecule has 0 saturated heterocycles. The number of nitrogens with one attached hydrogen (secondary N) is 1. The number of carbonyl (C=O) groups excluding carboxylic acids is 1. The standard InChI is InChI=1S/C19H18N2OS/c22-19(18-17-9-5-4-8-15(17)10-11-20-18)21-16(13-23)12-14-6-2-1-3-7-14/h1-11,16,23H,12-13H2,(H,21,22)/t16-/m1/s1. The van der Waals surface area contributed by atoms with Crippen LogP contribution in [0, 0.1) is 0 Å². The Morgan fingerprint density at radius 2 is 1.78 bits per heavy atom. The van der Waals surface area contributed by atoms with E-state index in [1.807, 2.05) is 48.5 Å². The molecule has 2 aromatic carbocycles. The highest BCUT2D eigenvalue weighted by molar-refractivity contribution is 7.80. The molecule has 0 fully saturated rings. The summed E-state index contributed by atoms with van der Waals surface area (Å²) in [6, 6.07) is 19.7. The van der Waals surface area contributed by atoms with Gasteiger partial charge in [-0.3, -0.25) is 9.78 Å². The van der Waals surface area contributed by atoms with E-state index in [0.29, 0.717) is 11.4 Å². The van der Waals surface area contributed by atoms with Crippen molar-refractivity contribution in [1.82, 2.24) is 10.3 Å². The summed E-state index contributed by atoms with van der Waals surface area (Å²) in [5.41, 5.74) is 1.64. The summed E-state index contributed by atoms with van der Waals surface area (Å²) in [6.07, 6.45) is 2.42. The molecular formula is C19H18N2OS. The van der Waals surface area contributed by atoms with Gasteiger partial charge in [0.05, 0.1) is 0 Å². The van der Waals surface area contributed by atoms with Crippen molar-refractivity contribution in [1.29, 1.82) is 0 Å². The maximum Gasteiger partial charge on any atom is 0.270 e. The number of amides is 1. The Morgan fingerprint density at radius 1 is 1.04 bits per heavy atom. The lowest BCUT2D eigenvalue weighted by Crippen LogP contribution is -2.38. The summed E-state index contributed by atoms with van der Waals surface area (Å²) in [5.74, 6) is 0.419. The fourth-order valence-electron chi connectivity index (χ4n) is 2.61. The quantitative estimate of drug-likeness (QED) is 0.706. The minimum Gasteiger partial charge on any atom is -0.347 e. The minimum absolute atomic E-state index is 0.0333. The number of aromatic nitrogens is 1. The Kier molecular flexibility index (Phi) is 4.93. The maximum atomic E-state index is 12.6. The number of nitrogens with zero attached hydrogens (tertiary/aromatic N) is 1. The highest BCUT2D eigenvalue weighted by atomic mass is 32.1. The van der Waals surface area contributed by atoms with Gasteiger partial charge in [-0.15, -0.1) is 0 Å². The van der Waals surface area contributed by atoms with E-state index in [2.05, 4.69) is 35.1 Å². The lowest BCUT2D eigenvalue weighted by atomic mass is 10.1. The molecule has 1 atom stereocenters. The van der Waals surface area contributed by atoms with Crippen molar-refractivity contribution in [3.63, 3.8) is 0 Å². The molecule has 0 aliphatic heterocycles. The van der Waals surface area contributed by atoms with Crippen molar-refractivity contribution in [3.05, 3.63) is 78.1 Å².